The van der Waals surface area contributed by atoms with Gasteiger partial charge < -0.3 is 15.2 Å². The fraction of sp³-hybridized carbons (Fsp3) is 0.889. The first kappa shape index (κ1) is 13.4. The third-order valence-electron chi connectivity index (χ3n) is 2.23. The Morgan fingerprint density at radius 2 is 2.19 bits per heavy atom. The number of methoxy groups -OCH3 is 1. The van der Waals surface area contributed by atoms with E-state index in [0.717, 1.165) is 20.0 Å². The fourth-order valence-corrected chi connectivity index (χ4v) is 2.54. The van der Waals surface area contributed by atoms with Crippen molar-refractivity contribution < 1.29 is 23.1 Å². The maximum absolute atomic E-state index is 11.4. The largest absolute Gasteiger partial charge is 0.468 e. The summed E-state index contributed by atoms with van der Waals surface area (Å²) in [5, 5.41) is 12.5. The number of hydrogen-bond acceptors (Lipinski definition) is 6. The van der Waals surface area contributed by atoms with Crippen LogP contribution in [0.3, 0.4) is 0 Å². The first-order valence-electron chi connectivity index (χ1n) is 5.11. The van der Waals surface area contributed by atoms with Crippen molar-refractivity contribution in [2.24, 2.45) is 0 Å². The molecule has 1 aliphatic rings. The molecule has 0 bridgehead atoms. The summed E-state index contributed by atoms with van der Waals surface area (Å²) in [5.74, 6) is -1.89. The second kappa shape index (κ2) is 5.60. The fourth-order valence-electron chi connectivity index (χ4n) is 1.24. The Kier molecular flexibility index (Phi) is 4.69. The van der Waals surface area contributed by atoms with Gasteiger partial charge in [0, 0.05) is 12.6 Å². The van der Waals surface area contributed by atoms with E-state index in [9.17, 15) is 18.3 Å². The second-order valence-electron chi connectivity index (χ2n) is 3.97. The molecule has 1 fully saturated rings. The van der Waals surface area contributed by atoms with Crippen LogP contribution in [0.1, 0.15) is 12.8 Å². The molecule has 0 radical (unpaired) electrons. The van der Waals surface area contributed by atoms with Gasteiger partial charge in [-0.1, -0.05) is 0 Å². The SMILES string of the molecule is COC(=O)CS(=O)(=O)CC(O)CNC1CC1. The van der Waals surface area contributed by atoms with Crippen LogP contribution < -0.4 is 5.32 Å². The maximum atomic E-state index is 11.4. The van der Waals surface area contributed by atoms with Crippen LogP contribution in [-0.4, -0.2) is 56.8 Å². The van der Waals surface area contributed by atoms with Crippen LogP contribution in [0.25, 0.3) is 0 Å². The molecule has 7 heteroatoms. The van der Waals surface area contributed by atoms with Gasteiger partial charge >= 0.3 is 5.97 Å². The number of hydrogen-bond donors (Lipinski definition) is 2. The number of aliphatic hydroxyl groups excluding tert-OH is 1. The molecule has 16 heavy (non-hydrogen) atoms. The summed E-state index contributed by atoms with van der Waals surface area (Å²) < 4.78 is 27.0. The zero-order valence-electron chi connectivity index (χ0n) is 9.18. The Bertz CT molecular complexity index is 336. The minimum Gasteiger partial charge on any atom is -0.468 e. The number of ether oxygens (including phenoxy) is 1. The van der Waals surface area contributed by atoms with Gasteiger partial charge in [0.25, 0.3) is 0 Å². The molecule has 2 N–H and O–H groups in total. The zero-order valence-corrected chi connectivity index (χ0v) is 10.00. The van der Waals surface area contributed by atoms with Crippen molar-refractivity contribution in [1.29, 1.82) is 0 Å². The number of carbonyl (C=O) groups excluding carboxylic acids is 1. The summed E-state index contributed by atoms with van der Waals surface area (Å²) in [6.45, 7) is 0.241. The van der Waals surface area contributed by atoms with Crippen LogP contribution in [0.15, 0.2) is 0 Å². The Hall–Kier alpha value is -0.660. The molecule has 0 aromatic rings. The van der Waals surface area contributed by atoms with Crippen LogP contribution >= 0.6 is 0 Å². The molecule has 0 spiro atoms. The quantitative estimate of drug-likeness (QED) is 0.546. The minimum absolute atomic E-state index is 0.241. The lowest BCUT2D eigenvalue weighted by atomic mass is 10.4. The van der Waals surface area contributed by atoms with E-state index < -0.39 is 33.4 Å². The Morgan fingerprint density at radius 1 is 1.56 bits per heavy atom. The minimum atomic E-state index is -3.58. The first-order valence-corrected chi connectivity index (χ1v) is 6.94. The van der Waals surface area contributed by atoms with Gasteiger partial charge in [-0.25, -0.2) is 8.42 Å². The van der Waals surface area contributed by atoms with E-state index in [0.29, 0.717) is 6.04 Å². The van der Waals surface area contributed by atoms with E-state index in [1.54, 1.807) is 0 Å². The van der Waals surface area contributed by atoms with Gasteiger partial charge in [-0.05, 0) is 12.8 Å². The molecule has 0 aromatic heterocycles. The van der Waals surface area contributed by atoms with Crippen LogP contribution in [0.5, 0.6) is 0 Å². The molecule has 1 aliphatic carbocycles. The predicted molar refractivity (Wildman–Crippen MR) is 57.7 cm³/mol. The van der Waals surface area contributed by atoms with E-state index in [1.807, 2.05) is 0 Å². The molecule has 1 saturated carbocycles. The Labute approximate surface area is 94.9 Å². The Morgan fingerprint density at radius 3 is 2.69 bits per heavy atom. The summed E-state index contributed by atoms with van der Waals surface area (Å²) in [7, 11) is -2.46. The average Bonchev–Trinajstić information content (AvgIpc) is 2.96. The van der Waals surface area contributed by atoms with Crippen molar-refractivity contribution in [2.75, 3.05) is 25.2 Å². The van der Waals surface area contributed by atoms with E-state index in [4.69, 9.17) is 0 Å². The van der Waals surface area contributed by atoms with Gasteiger partial charge in [0.05, 0.1) is 19.0 Å². The number of nitrogens with one attached hydrogen (secondary N) is 1. The van der Waals surface area contributed by atoms with E-state index in [-0.39, 0.29) is 6.54 Å². The highest BCUT2D eigenvalue weighted by Crippen LogP contribution is 2.18. The summed E-state index contributed by atoms with van der Waals surface area (Å²) >= 11 is 0. The van der Waals surface area contributed by atoms with Crippen LogP contribution in [0.4, 0.5) is 0 Å². The number of rotatable bonds is 7. The zero-order chi connectivity index (χ0) is 12.2. The van der Waals surface area contributed by atoms with Crippen molar-refractivity contribution >= 4 is 15.8 Å². The summed E-state index contributed by atoms with van der Waals surface area (Å²) in [6, 6.07) is 0.415. The van der Waals surface area contributed by atoms with Crippen molar-refractivity contribution in [3.8, 4) is 0 Å². The molecule has 6 nitrogen and oxygen atoms in total. The van der Waals surface area contributed by atoms with Crippen LogP contribution in [0.2, 0.25) is 0 Å². The van der Waals surface area contributed by atoms with Gasteiger partial charge in [0.15, 0.2) is 9.84 Å². The topological polar surface area (TPSA) is 92.7 Å². The summed E-state index contributed by atoms with van der Waals surface area (Å²) in [6.07, 6.45) is 1.17. The first-order chi connectivity index (χ1) is 7.43. The van der Waals surface area contributed by atoms with Gasteiger partial charge in [0.2, 0.25) is 0 Å². The monoisotopic (exact) mass is 251 g/mol. The van der Waals surface area contributed by atoms with E-state index in [2.05, 4.69) is 10.1 Å². The second-order valence-corrected chi connectivity index (χ2v) is 6.08. The molecule has 94 valence electrons. The van der Waals surface area contributed by atoms with Gasteiger partial charge in [-0.3, -0.25) is 4.79 Å². The molecule has 0 aliphatic heterocycles. The van der Waals surface area contributed by atoms with Crippen molar-refractivity contribution in [3.05, 3.63) is 0 Å². The number of sulfone groups is 1. The Balaban J connectivity index is 2.29. The third kappa shape index (κ3) is 5.43. The van der Waals surface area contributed by atoms with Crippen molar-refractivity contribution in [3.63, 3.8) is 0 Å². The molecule has 1 atom stereocenters. The number of carbonyl (C=O) groups is 1. The standard InChI is InChI=1S/C9H17NO5S/c1-15-9(12)6-16(13,14)5-8(11)4-10-7-2-3-7/h7-8,10-11H,2-6H2,1H3. The highest BCUT2D eigenvalue weighted by atomic mass is 32.2. The molecule has 1 unspecified atom stereocenters. The smallest absolute Gasteiger partial charge is 0.320 e. The lowest BCUT2D eigenvalue weighted by Gasteiger charge is -2.11. The van der Waals surface area contributed by atoms with Crippen molar-refractivity contribution in [1.82, 2.24) is 5.32 Å². The molecule has 0 saturated heterocycles. The molecule has 0 amide bonds. The van der Waals surface area contributed by atoms with E-state index in [1.165, 1.54) is 0 Å². The van der Waals surface area contributed by atoms with Crippen LogP contribution in [0, 0.1) is 0 Å². The summed E-state index contributed by atoms with van der Waals surface area (Å²) in [5.41, 5.74) is 0. The van der Waals surface area contributed by atoms with Crippen molar-refractivity contribution in [2.45, 2.75) is 25.0 Å². The molecule has 1 rings (SSSR count). The molecular weight excluding hydrogens is 234 g/mol. The predicted octanol–water partition coefficient (Wildman–Crippen LogP) is -1.31. The normalized spacial score (nSPS) is 18.1. The summed E-state index contributed by atoms with van der Waals surface area (Å²) in [4.78, 5) is 10.8. The molecule has 0 aromatic carbocycles. The van der Waals surface area contributed by atoms with Gasteiger partial charge in [-0.15, -0.1) is 0 Å². The van der Waals surface area contributed by atoms with Crippen LogP contribution in [-0.2, 0) is 19.4 Å². The number of aliphatic hydroxyl groups is 1. The average molecular weight is 251 g/mol. The van der Waals surface area contributed by atoms with Gasteiger partial charge in [0.1, 0.15) is 5.75 Å². The third-order valence-corrected chi connectivity index (χ3v) is 3.80. The molecular formula is C9H17NO5S. The van der Waals surface area contributed by atoms with E-state index >= 15 is 0 Å². The van der Waals surface area contributed by atoms with Gasteiger partial charge in [-0.2, -0.15) is 0 Å². The molecule has 0 heterocycles. The highest BCUT2D eigenvalue weighted by molar-refractivity contribution is 7.92. The number of esters is 1. The highest BCUT2D eigenvalue weighted by Gasteiger charge is 2.24. The lowest BCUT2D eigenvalue weighted by Crippen LogP contribution is -2.35. The maximum Gasteiger partial charge on any atom is 0.320 e. The lowest BCUT2D eigenvalue weighted by molar-refractivity contribution is -0.137.